The van der Waals surface area contributed by atoms with E-state index in [0.717, 1.165) is 16.5 Å². The molecular formula is C22H27BrN2O3. The Bertz CT molecular complexity index is 827. The standard InChI is InChI=1S/C22H27BrN2O3/c1-5-6-20(26)24-16-8-10-17(11-9-16)25-21(27)14-28-19-12-7-15(23)13-18(19)22(2,3)4/h7-13H,5-6,14H2,1-4H3,(H,24,26)(H,25,27). The van der Waals surface area contributed by atoms with Crippen molar-refractivity contribution >= 4 is 39.1 Å². The summed E-state index contributed by atoms with van der Waals surface area (Å²) in [7, 11) is 0. The van der Waals surface area contributed by atoms with Crippen molar-refractivity contribution in [2.75, 3.05) is 17.2 Å². The van der Waals surface area contributed by atoms with Gasteiger partial charge in [0.1, 0.15) is 5.75 Å². The molecule has 0 fully saturated rings. The highest BCUT2D eigenvalue weighted by atomic mass is 79.9. The third kappa shape index (κ3) is 6.68. The number of rotatable bonds is 7. The van der Waals surface area contributed by atoms with Crippen molar-refractivity contribution in [3.05, 3.63) is 52.5 Å². The number of halogens is 1. The molecule has 6 heteroatoms. The third-order valence-corrected chi connectivity index (χ3v) is 4.53. The molecular weight excluding hydrogens is 420 g/mol. The Morgan fingerprint density at radius 2 is 1.54 bits per heavy atom. The number of benzene rings is 2. The van der Waals surface area contributed by atoms with Crippen LogP contribution in [0, 0.1) is 0 Å². The van der Waals surface area contributed by atoms with Crippen LogP contribution in [0.1, 0.15) is 46.1 Å². The van der Waals surface area contributed by atoms with Crippen LogP contribution in [0.5, 0.6) is 5.75 Å². The second-order valence-corrected chi connectivity index (χ2v) is 8.52. The van der Waals surface area contributed by atoms with E-state index in [-0.39, 0.29) is 23.8 Å². The van der Waals surface area contributed by atoms with Gasteiger partial charge in [0, 0.05) is 27.8 Å². The molecule has 2 N–H and O–H groups in total. The lowest BCUT2D eigenvalue weighted by Gasteiger charge is -2.23. The second kappa shape index (κ2) is 9.73. The van der Waals surface area contributed by atoms with Crippen LogP contribution < -0.4 is 15.4 Å². The molecule has 0 aliphatic carbocycles. The molecule has 0 aliphatic heterocycles. The van der Waals surface area contributed by atoms with Gasteiger partial charge < -0.3 is 15.4 Å². The number of anilines is 2. The summed E-state index contributed by atoms with van der Waals surface area (Å²) >= 11 is 3.48. The van der Waals surface area contributed by atoms with E-state index in [1.165, 1.54) is 0 Å². The molecule has 2 rings (SSSR count). The van der Waals surface area contributed by atoms with Gasteiger partial charge in [-0.3, -0.25) is 9.59 Å². The highest BCUT2D eigenvalue weighted by Gasteiger charge is 2.20. The predicted molar refractivity (Wildman–Crippen MR) is 117 cm³/mol. The molecule has 0 spiro atoms. The monoisotopic (exact) mass is 446 g/mol. The number of amides is 2. The average molecular weight is 447 g/mol. The minimum absolute atomic E-state index is 0.0168. The number of ether oxygens (including phenoxy) is 1. The number of hydrogen-bond donors (Lipinski definition) is 2. The number of carbonyl (C=O) groups excluding carboxylic acids is 2. The Hall–Kier alpha value is -2.34. The predicted octanol–water partition coefficient (Wildman–Crippen LogP) is 5.50. The van der Waals surface area contributed by atoms with Crippen molar-refractivity contribution in [2.24, 2.45) is 0 Å². The minimum atomic E-state index is -0.245. The Labute approximate surface area is 175 Å². The first-order chi connectivity index (χ1) is 13.2. The summed E-state index contributed by atoms with van der Waals surface area (Å²) in [4.78, 5) is 23.9. The van der Waals surface area contributed by atoms with E-state index in [0.29, 0.717) is 23.5 Å². The molecule has 2 aromatic rings. The lowest BCUT2D eigenvalue weighted by Crippen LogP contribution is -2.22. The minimum Gasteiger partial charge on any atom is -0.483 e. The molecule has 0 saturated heterocycles. The largest absolute Gasteiger partial charge is 0.483 e. The topological polar surface area (TPSA) is 67.4 Å². The molecule has 0 aromatic heterocycles. The van der Waals surface area contributed by atoms with Crippen molar-refractivity contribution in [3.63, 3.8) is 0 Å². The van der Waals surface area contributed by atoms with Gasteiger partial charge in [-0.2, -0.15) is 0 Å². The van der Waals surface area contributed by atoms with Crippen LogP contribution in [0.25, 0.3) is 0 Å². The van der Waals surface area contributed by atoms with Crippen LogP contribution >= 0.6 is 15.9 Å². The van der Waals surface area contributed by atoms with Crippen molar-refractivity contribution in [3.8, 4) is 5.75 Å². The van der Waals surface area contributed by atoms with Gasteiger partial charge in [-0.15, -0.1) is 0 Å². The molecule has 28 heavy (non-hydrogen) atoms. The van der Waals surface area contributed by atoms with Crippen LogP contribution in [0.3, 0.4) is 0 Å². The molecule has 2 aromatic carbocycles. The van der Waals surface area contributed by atoms with Gasteiger partial charge in [0.15, 0.2) is 6.61 Å². The number of nitrogens with one attached hydrogen (secondary N) is 2. The first kappa shape index (κ1) is 22.0. The number of carbonyl (C=O) groups is 2. The Morgan fingerprint density at radius 3 is 2.07 bits per heavy atom. The lowest BCUT2D eigenvalue weighted by molar-refractivity contribution is -0.118. The van der Waals surface area contributed by atoms with Gasteiger partial charge in [-0.25, -0.2) is 0 Å². The molecule has 0 heterocycles. The van der Waals surface area contributed by atoms with Crippen LogP contribution in [0.4, 0.5) is 11.4 Å². The summed E-state index contributed by atoms with van der Waals surface area (Å²) < 4.78 is 6.74. The van der Waals surface area contributed by atoms with E-state index in [4.69, 9.17) is 4.74 Å². The summed E-state index contributed by atoms with van der Waals surface area (Å²) in [5.41, 5.74) is 2.28. The van der Waals surface area contributed by atoms with E-state index in [1.807, 2.05) is 25.1 Å². The van der Waals surface area contributed by atoms with Crippen molar-refractivity contribution in [2.45, 2.75) is 46.0 Å². The molecule has 0 saturated carbocycles. The molecule has 150 valence electrons. The highest BCUT2D eigenvalue weighted by molar-refractivity contribution is 9.10. The molecule has 0 aliphatic rings. The highest BCUT2D eigenvalue weighted by Crippen LogP contribution is 2.33. The third-order valence-electron chi connectivity index (χ3n) is 4.04. The quantitative estimate of drug-likeness (QED) is 0.589. The van der Waals surface area contributed by atoms with Gasteiger partial charge in [0.05, 0.1) is 0 Å². The van der Waals surface area contributed by atoms with E-state index in [9.17, 15) is 9.59 Å². The first-order valence-corrected chi connectivity index (χ1v) is 10.1. The van der Waals surface area contributed by atoms with Crippen molar-refractivity contribution < 1.29 is 14.3 Å². The maximum atomic E-state index is 12.2. The normalized spacial score (nSPS) is 11.0. The van der Waals surface area contributed by atoms with E-state index in [1.54, 1.807) is 24.3 Å². The summed E-state index contributed by atoms with van der Waals surface area (Å²) in [6.07, 6.45) is 1.29. The zero-order valence-electron chi connectivity index (χ0n) is 16.8. The van der Waals surface area contributed by atoms with Gasteiger partial charge in [-0.05, 0) is 54.3 Å². The zero-order valence-corrected chi connectivity index (χ0v) is 18.4. The van der Waals surface area contributed by atoms with Crippen LogP contribution in [-0.2, 0) is 15.0 Å². The fourth-order valence-corrected chi connectivity index (χ4v) is 3.00. The first-order valence-electron chi connectivity index (χ1n) is 9.31. The van der Waals surface area contributed by atoms with E-state index in [2.05, 4.69) is 47.3 Å². The molecule has 0 bridgehead atoms. The SMILES string of the molecule is CCCC(=O)Nc1ccc(NC(=O)COc2ccc(Br)cc2C(C)(C)C)cc1. The molecule has 0 radical (unpaired) electrons. The Kier molecular flexibility index (Phi) is 7.63. The second-order valence-electron chi connectivity index (χ2n) is 7.60. The summed E-state index contributed by atoms with van der Waals surface area (Å²) in [6.45, 7) is 8.17. The zero-order chi connectivity index (χ0) is 20.7. The fourth-order valence-electron chi connectivity index (χ4n) is 2.64. The molecule has 2 amide bonds. The van der Waals surface area contributed by atoms with Gasteiger partial charge >= 0.3 is 0 Å². The van der Waals surface area contributed by atoms with Gasteiger partial charge in [-0.1, -0.05) is 43.6 Å². The van der Waals surface area contributed by atoms with E-state index >= 15 is 0 Å². The van der Waals surface area contributed by atoms with E-state index < -0.39 is 0 Å². The fraction of sp³-hybridized carbons (Fsp3) is 0.364. The lowest BCUT2D eigenvalue weighted by atomic mass is 9.86. The maximum absolute atomic E-state index is 12.2. The van der Waals surface area contributed by atoms with Crippen LogP contribution in [0.2, 0.25) is 0 Å². The van der Waals surface area contributed by atoms with Gasteiger partial charge in [0.25, 0.3) is 5.91 Å². The average Bonchev–Trinajstić information content (AvgIpc) is 2.62. The van der Waals surface area contributed by atoms with Crippen LogP contribution in [-0.4, -0.2) is 18.4 Å². The smallest absolute Gasteiger partial charge is 0.262 e. The van der Waals surface area contributed by atoms with Gasteiger partial charge in [0.2, 0.25) is 5.91 Å². The summed E-state index contributed by atoms with van der Waals surface area (Å²) in [5.74, 6) is 0.433. The maximum Gasteiger partial charge on any atom is 0.262 e. The Balaban J connectivity index is 1.94. The van der Waals surface area contributed by atoms with Crippen molar-refractivity contribution in [1.29, 1.82) is 0 Å². The molecule has 0 atom stereocenters. The Morgan fingerprint density at radius 1 is 0.964 bits per heavy atom. The van der Waals surface area contributed by atoms with Crippen molar-refractivity contribution in [1.82, 2.24) is 0 Å². The van der Waals surface area contributed by atoms with Crippen LogP contribution in [0.15, 0.2) is 46.9 Å². The number of hydrogen-bond acceptors (Lipinski definition) is 3. The molecule has 0 unspecified atom stereocenters. The summed E-state index contributed by atoms with van der Waals surface area (Å²) in [5, 5.41) is 5.62. The molecule has 5 nitrogen and oxygen atoms in total. The summed E-state index contributed by atoms with van der Waals surface area (Å²) in [6, 6.07) is 12.8.